The van der Waals surface area contributed by atoms with E-state index in [0.29, 0.717) is 4.88 Å². The first-order valence-corrected chi connectivity index (χ1v) is 11.1. The first kappa shape index (κ1) is 19.3. The highest BCUT2D eigenvalue weighted by molar-refractivity contribution is 7.22. The fourth-order valence-electron chi connectivity index (χ4n) is 3.30. The number of nitrogens with one attached hydrogen (secondary N) is 1. The summed E-state index contributed by atoms with van der Waals surface area (Å²) in [4.78, 5) is 21.8. The number of carbonyl (C=O) groups is 1. The lowest BCUT2D eigenvalue weighted by atomic mass is 10.1. The molecule has 0 spiro atoms. The molecule has 1 aromatic carbocycles. The maximum absolute atomic E-state index is 13.1. The zero-order valence-corrected chi connectivity index (χ0v) is 17.4. The van der Waals surface area contributed by atoms with Crippen molar-refractivity contribution in [1.82, 2.24) is 15.2 Å². The summed E-state index contributed by atoms with van der Waals surface area (Å²) in [6.45, 7) is 5.95. The highest BCUT2D eigenvalue weighted by atomic mass is 32.1. The lowest BCUT2D eigenvalue weighted by Crippen LogP contribution is -2.43. The third kappa shape index (κ3) is 4.50. The summed E-state index contributed by atoms with van der Waals surface area (Å²) in [5.41, 5.74) is 1.90. The highest BCUT2D eigenvalue weighted by Crippen LogP contribution is 2.31. The van der Waals surface area contributed by atoms with E-state index in [0.717, 1.165) is 54.0 Å². The van der Waals surface area contributed by atoms with Gasteiger partial charge in [-0.15, -0.1) is 22.7 Å². The topological polar surface area (TPSA) is 54.5 Å². The van der Waals surface area contributed by atoms with Crippen molar-refractivity contribution in [2.75, 3.05) is 32.8 Å². The van der Waals surface area contributed by atoms with Gasteiger partial charge in [-0.25, -0.2) is 4.98 Å². The summed E-state index contributed by atoms with van der Waals surface area (Å²) < 4.78 is 5.46. The van der Waals surface area contributed by atoms with Crippen LogP contribution in [0.2, 0.25) is 0 Å². The van der Waals surface area contributed by atoms with E-state index >= 15 is 0 Å². The Morgan fingerprint density at radius 3 is 2.71 bits per heavy atom. The fourth-order valence-corrected chi connectivity index (χ4v) is 5.06. The van der Waals surface area contributed by atoms with Crippen molar-refractivity contribution in [3.05, 3.63) is 64.0 Å². The molecule has 1 N–H and O–H groups in total. The molecule has 3 aromatic rings. The molecular weight excluding hydrogens is 390 g/mol. The van der Waals surface area contributed by atoms with Gasteiger partial charge in [0.15, 0.2) is 0 Å². The summed E-state index contributed by atoms with van der Waals surface area (Å²) >= 11 is 3.10. The van der Waals surface area contributed by atoms with Crippen LogP contribution in [-0.2, 0) is 4.74 Å². The summed E-state index contributed by atoms with van der Waals surface area (Å²) in [5.74, 6) is -0.0556. The van der Waals surface area contributed by atoms with Crippen LogP contribution >= 0.6 is 22.7 Å². The van der Waals surface area contributed by atoms with Crippen LogP contribution in [0.15, 0.2) is 47.8 Å². The molecule has 0 bridgehead atoms. The van der Waals surface area contributed by atoms with Crippen molar-refractivity contribution in [2.45, 2.75) is 13.0 Å². The third-order valence-electron chi connectivity index (χ3n) is 4.79. The molecule has 1 aliphatic heterocycles. The molecule has 1 saturated heterocycles. The van der Waals surface area contributed by atoms with Gasteiger partial charge in [0.1, 0.15) is 9.88 Å². The Balaban J connectivity index is 1.53. The monoisotopic (exact) mass is 413 g/mol. The lowest BCUT2D eigenvalue weighted by Gasteiger charge is -2.31. The molecule has 3 heterocycles. The third-order valence-corrected chi connectivity index (χ3v) is 6.98. The number of nitrogens with zero attached hydrogens (tertiary/aromatic N) is 2. The van der Waals surface area contributed by atoms with Crippen molar-refractivity contribution in [3.63, 3.8) is 0 Å². The van der Waals surface area contributed by atoms with E-state index < -0.39 is 0 Å². The van der Waals surface area contributed by atoms with E-state index in [9.17, 15) is 4.79 Å². The maximum Gasteiger partial charge on any atom is 0.263 e. The maximum atomic E-state index is 13.1. The van der Waals surface area contributed by atoms with Gasteiger partial charge >= 0.3 is 0 Å². The molecule has 0 aliphatic carbocycles. The van der Waals surface area contributed by atoms with Gasteiger partial charge in [0.25, 0.3) is 5.91 Å². The smallest absolute Gasteiger partial charge is 0.263 e. The van der Waals surface area contributed by atoms with Crippen molar-refractivity contribution in [3.8, 4) is 9.88 Å². The molecule has 1 fully saturated rings. The average molecular weight is 414 g/mol. The number of morpholine rings is 1. The molecule has 4 rings (SSSR count). The first-order valence-electron chi connectivity index (χ1n) is 9.38. The Morgan fingerprint density at radius 2 is 2.00 bits per heavy atom. The van der Waals surface area contributed by atoms with Gasteiger partial charge in [-0.05, 0) is 23.9 Å². The molecule has 28 heavy (non-hydrogen) atoms. The van der Waals surface area contributed by atoms with Gasteiger partial charge in [0.05, 0.1) is 29.8 Å². The number of rotatable bonds is 6. The van der Waals surface area contributed by atoms with Gasteiger partial charge in [0.2, 0.25) is 0 Å². The summed E-state index contributed by atoms with van der Waals surface area (Å²) in [6.07, 6.45) is 0. The Bertz CT molecular complexity index is 903. The predicted molar refractivity (Wildman–Crippen MR) is 114 cm³/mol. The standard InChI is InChI=1S/C21H23N3O2S2/c1-15-19(28-21(22-15)18-8-5-13-27-18)20(25)23-17(16-6-3-2-4-7-16)14-24-9-11-26-12-10-24/h2-8,13,17H,9-12,14H2,1H3,(H,23,25). The summed E-state index contributed by atoms with van der Waals surface area (Å²) in [5, 5.41) is 6.18. The number of carbonyl (C=O) groups excluding carboxylic acids is 1. The molecule has 1 aliphatic rings. The van der Waals surface area contributed by atoms with E-state index in [1.165, 1.54) is 11.3 Å². The van der Waals surface area contributed by atoms with Crippen molar-refractivity contribution < 1.29 is 9.53 Å². The largest absolute Gasteiger partial charge is 0.379 e. The normalized spacial score (nSPS) is 16.0. The number of hydrogen-bond donors (Lipinski definition) is 1. The number of hydrogen-bond acceptors (Lipinski definition) is 6. The van der Waals surface area contributed by atoms with E-state index in [1.807, 2.05) is 42.6 Å². The number of aromatic nitrogens is 1. The Hall–Kier alpha value is -2.06. The van der Waals surface area contributed by atoms with Crippen LogP contribution in [-0.4, -0.2) is 48.6 Å². The van der Waals surface area contributed by atoms with E-state index in [2.05, 4.69) is 27.3 Å². The minimum absolute atomic E-state index is 0.0556. The number of thiazole rings is 1. The summed E-state index contributed by atoms with van der Waals surface area (Å²) in [6, 6.07) is 14.1. The summed E-state index contributed by atoms with van der Waals surface area (Å²) in [7, 11) is 0. The molecule has 1 atom stereocenters. The van der Waals surface area contributed by atoms with Crippen LogP contribution in [0.4, 0.5) is 0 Å². The number of benzene rings is 1. The molecule has 2 aromatic heterocycles. The Morgan fingerprint density at radius 1 is 1.21 bits per heavy atom. The first-order chi connectivity index (χ1) is 13.7. The van der Waals surface area contributed by atoms with E-state index in [1.54, 1.807) is 11.3 Å². The van der Waals surface area contributed by atoms with Crippen LogP contribution < -0.4 is 5.32 Å². The number of aryl methyl sites for hydroxylation is 1. The van der Waals surface area contributed by atoms with Gasteiger partial charge in [-0.1, -0.05) is 36.4 Å². The van der Waals surface area contributed by atoms with Gasteiger partial charge in [0, 0.05) is 19.6 Å². The Labute approximate surface area is 173 Å². The molecular formula is C21H23N3O2S2. The zero-order valence-electron chi connectivity index (χ0n) is 15.8. The molecule has 7 heteroatoms. The fraction of sp³-hybridized carbons (Fsp3) is 0.333. The molecule has 0 radical (unpaired) electrons. The average Bonchev–Trinajstić information content (AvgIpc) is 3.38. The van der Waals surface area contributed by atoms with Crippen LogP contribution in [0.1, 0.15) is 27.0 Å². The second-order valence-electron chi connectivity index (χ2n) is 6.76. The van der Waals surface area contributed by atoms with Crippen LogP contribution in [0.5, 0.6) is 0 Å². The molecule has 1 amide bonds. The van der Waals surface area contributed by atoms with Crippen LogP contribution in [0, 0.1) is 6.92 Å². The van der Waals surface area contributed by atoms with Crippen LogP contribution in [0.3, 0.4) is 0 Å². The van der Waals surface area contributed by atoms with Crippen molar-refractivity contribution >= 4 is 28.6 Å². The SMILES string of the molecule is Cc1nc(-c2cccs2)sc1C(=O)NC(CN1CCOCC1)c1ccccc1. The van der Waals surface area contributed by atoms with Crippen LogP contribution in [0.25, 0.3) is 9.88 Å². The van der Waals surface area contributed by atoms with Gasteiger partial charge in [-0.2, -0.15) is 0 Å². The van der Waals surface area contributed by atoms with Crippen molar-refractivity contribution in [1.29, 1.82) is 0 Å². The molecule has 5 nitrogen and oxygen atoms in total. The second kappa shape index (κ2) is 8.96. The number of ether oxygens (including phenoxy) is 1. The molecule has 0 saturated carbocycles. The van der Waals surface area contributed by atoms with Gasteiger partial charge in [-0.3, -0.25) is 9.69 Å². The molecule has 146 valence electrons. The quantitative estimate of drug-likeness (QED) is 0.664. The van der Waals surface area contributed by atoms with E-state index in [4.69, 9.17) is 4.74 Å². The van der Waals surface area contributed by atoms with E-state index in [-0.39, 0.29) is 11.9 Å². The number of thiophene rings is 1. The second-order valence-corrected chi connectivity index (χ2v) is 8.71. The lowest BCUT2D eigenvalue weighted by molar-refractivity contribution is 0.0332. The van der Waals surface area contributed by atoms with Gasteiger partial charge < -0.3 is 10.1 Å². The van der Waals surface area contributed by atoms with Crippen molar-refractivity contribution in [2.24, 2.45) is 0 Å². The minimum Gasteiger partial charge on any atom is -0.379 e. The molecule has 1 unspecified atom stereocenters. The number of amides is 1. The highest BCUT2D eigenvalue weighted by Gasteiger charge is 2.23. The Kier molecular flexibility index (Phi) is 6.17. The minimum atomic E-state index is -0.0708. The zero-order chi connectivity index (χ0) is 19.3. The predicted octanol–water partition coefficient (Wildman–Crippen LogP) is 3.98.